The minimum Gasteiger partial charge on any atom is -0.377 e. The lowest BCUT2D eigenvalue weighted by Crippen LogP contribution is -2.82. The smallest absolute Gasteiger partial charge is 0.241 e. The maximum atomic E-state index is 12.5. The van der Waals surface area contributed by atoms with Crippen molar-refractivity contribution >= 4 is 5.91 Å². The van der Waals surface area contributed by atoms with E-state index in [4.69, 9.17) is 15.7 Å². The van der Waals surface area contributed by atoms with Crippen LogP contribution in [0.5, 0.6) is 0 Å². The molecule has 2 rings (SSSR count). The van der Waals surface area contributed by atoms with Crippen LogP contribution in [-0.2, 0) is 9.53 Å². The monoisotopic (exact) mass is 265 g/mol. The average Bonchev–Trinajstić information content (AvgIpc) is 2.37. The van der Waals surface area contributed by atoms with E-state index in [2.05, 4.69) is 11.4 Å². The number of hydrogen-bond donors (Lipinski definition) is 2. The van der Waals surface area contributed by atoms with Gasteiger partial charge >= 0.3 is 0 Å². The van der Waals surface area contributed by atoms with E-state index in [9.17, 15) is 4.79 Å². The Balaban J connectivity index is 2.13. The number of nitrogens with zero attached hydrogens (tertiary/aromatic N) is 1. The van der Waals surface area contributed by atoms with Crippen molar-refractivity contribution in [1.29, 1.82) is 5.26 Å². The van der Waals surface area contributed by atoms with Gasteiger partial charge in [0.1, 0.15) is 5.54 Å². The molecule has 19 heavy (non-hydrogen) atoms. The molecule has 1 amide bonds. The first-order chi connectivity index (χ1) is 8.85. The van der Waals surface area contributed by atoms with Crippen molar-refractivity contribution in [2.24, 2.45) is 17.1 Å². The standard InChI is InChI=1S/C14H23N3O2/c1-9(6-7-15)17-12(18)14(16)10-5-4-8-19-11(10)13(14,2)3/h9-11H,4-6,8,16H2,1-3H3,(H,17,18). The molecule has 2 aliphatic rings. The third kappa shape index (κ3) is 1.94. The molecule has 106 valence electrons. The van der Waals surface area contributed by atoms with Crippen molar-refractivity contribution in [3.8, 4) is 6.07 Å². The second kappa shape index (κ2) is 4.77. The van der Waals surface area contributed by atoms with Crippen molar-refractivity contribution < 1.29 is 9.53 Å². The Morgan fingerprint density at radius 2 is 2.32 bits per heavy atom. The Kier molecular flexibility index (Phi) is 3.59. The van der Waals surface area contributed by atoms with Crippen LogP contribution in [0.4, 0.5) is 0 Å². The summed E-state index contributed by atoms with van der Waals surface area (Å²) in [5, 5.41) is 11.5. The van der Waals surface area contributed by atoms with Gasteiger partial charge in [-0.1, -0.05) is 13.8 Å². The Morgan fingerprint density at radius 3 is 2.95 bits per heavy atom. The van der Waals surface area contributed by atoms with Crippen molar-refractivity contribution in [3.05, 3.63) is 0 Å². The number of nitriles is 1. The zero-order valence-electron chi connectivity index (χ0n) is 11.9. The van der Waals surface area contributed by atoms with Crippen molar-refractivity contribution in [1.82, 2.24) is 5.32 Å². The topological polar surface area (TPSA) is 88.1 Å². The van der Waals surface area contributed by atoms with Gasteiger partial charge in [-0.25, -0.2) is 0 Å². The summed E-state index contributed by atoms with van der Waals surface area (Å²) in [6.07, 6.45) is 2.26. The normalized spacial score (nSPS) is 37.4. The largest absolute Gasteiger partial charge is 0.377 e. The number of nitrogens with two attached hydrogens (primary N) is 1. The highest BCUT2D eigenvalue weighted by Gasteiger charge is 2.70. The highest BCUT2D eigenvalue weighted by molar-refractivity contribution is 5.89. The van der Waals surface area contributed by atoms with Crippen LogP contribution in [-0.4, -0.2) is 30.2 Å². The van der Waals surface area contributed by atoms with Crippen LogP contribution in [0.25, 0.3) is 0 Å². The third-order valence-corrected chi connectivity index (χ3v) is 4.84. The minimum absolute atomic E-state index is 0.0725. The van der Waals surface area contributed by atoms with E-state index >= 15 is 0 Å². The Bertz CT molecular complexity index is 415. The number of carbonyl (C=O) groups is 1. The van der Waals surface area contributed by atoms with Gasteiger partial charge < -0.3 is 15.8 Å². The molecule has 1 aliphatic carbocycles. The predicted octanol–water partition coefficient (Wildman–Crippen LogP) is 0.937. The fraction of sp³-hybridized carbons (Fsp3) is 0.857. The molecule has 0 aromatic heterocycles. The van der Waals surface area contributed by atoms with Crippen LogP contribution in [0.3, 0.4) is 0 Å². The summed E-state index contributed by atoms with van der Waals surface area (Å²) in [6, 6.07) is 1.89. The van der Waals surface area contributed by atoms with E-state index in [0.29, 0.717) is 6.42 Å². The predicted molar refractivity (Wildman–Crippen MR) is 71.0 cm³/mol. The van der Waals surface area contributed by atoms with Crippen molar-refractivity contribution in [2.75, 3.05) is 6.61 Å². The molecule has 0 radical (unpaired) electrons. The van der Waals surface area contributed by atoms with Gasteiger partial charge in [-0.3, -0.25) is 4.79 Å². The van der Waals surface area contributed by atoms with E-state index in [0.717, 1.165) is 19.4 Å². The van der Waals surface area contributed by atoms with Crippen LogP contribution < -0.4 is 11.1 Å². The molecule has 1 heterocycles. The first-order valence-electron chi connectivity index (χ1n) is 6.94. The zero-order chi connectivity index (χ0) is 14.3. The fourth-order valence-electron chi connectivity index (χ4n) is 3.57. The molecule has 1 saturated carbocycles. The number of nitrogens with one attached hydrogen (secondary N) is 1. The van der Waals surface area contributed by atoms with E-state index in [1.807, 2.05) is 20.8 Å². The van der Waals surface area contributed by atoms with Gasteiger partial charge in [0, 0.05) is 24.0 Å². The molecular formula is C14H23N3O2. The molecule has 0 aromatic carbocycles. The Morgan fingerprint density at radius 1 is 1.63 bits per heavy atom. The summed E-state index contributed by atoms with van der Waals surface area (Å²) in [7, 11) is 0. The second-order valence-electron chi connectivity index (χ2n) is 6.37. The molecule has 0 bridgehead atoms. The molecule has 1 saturated heterocycles. The van der Waals surface area contributed by atoms with Gasteiger partial charge in [-0.15, -0.1) is 0 Å². The molecule has 5 heteroatoms. The maximum absolute atomic E-state index is 12.5. The second-order valence-corrected chi connectivity index (χ2v) is 6.37. The van der Waals surface area contributed by atoms with Crippen LogP contribution in [0.1, 0.15) is 40.0 Å². The number of hydrogen-bond acceptors (Lipinski definition) is 4. The first kappa shape index (κ1) is 14.3. The van der Waals surface area contributed by atoms with E-state index in [1.165, 1.54) is 0 Å². The van der Waals surface area contributed by atoms with E-state index < -0.39 is 5.54 Å². The lowest BCUT2D eigenvalue weighted by molar-refractivity contribution is -0.225. The number of fused-ring (bicyclic) bond motifs is 1. The van der Waals surface area contributed by atoms with Gasteiger partial charge in [0.25, 0.3) is 0 Å². The molecular weight excluding hydrogens is 242 g/mol. The third-order valence-electron chi connectivity index (χ3n) is 4.84. The number of ether oxygens (including phenoxy) is 1. The van der Waals surface area contributed by atoms with Gasteiger partial charge in [0.2, 0.25) is 5.91 Å². The number of carbonyl (C=O) groups excluding carboxylic acids is 1. The summed E-state index contributed by atoms with van der Waals surface area (Å²) in [4.78, 5) is 12.5. The van der Waals surface area contributed by atoms with Gasteiger partial charge in [-0.05, 0) is 19.8 Å². The van der Waals surface area contributed by atoms with Crippen LogP contribution in [0.15, 0.2) is 0 Å². The van der Waals surface area contributed by atoms with Gasteiger partial charge in [-0.2, -0.15) is 5.26 Å². The number of rotatable bonds is 3. The highest BCUT2D eigenvalue weighted by Crippen LogP contribution is 2.57. The minimum atomic E-state index is -0.887. The summed E-state index contributed by atoms with van der Waals surface area (Å²) in [5.41, 5.74) is 5.19. The molecule has 4 atom stereocenters. The molecule has 0 spiro atoms. The van der Waals surface area contributed by atoms with Crippen LogP contribution in [0, 0.1) is 22.7 Å². The lowest BCUT2D eigenvalue weighted by Gasteiger charge is -2.65. The molecule has 4 unspecified atom stereocenters. The van der Waals surface area contributed by atoms with E-state index in [-0.39, 0.29) is 29.4 Å². The maximum Gasteiger partial charge on any atom is 0.241 e. The fourth-order valence-corrected chi connectivity index (χ4v) is 3.57. The summed E-state index contributed by atoms with van der Waals surface area (Å²) < 4.78 is 5.78. The van der Waals surface area contributed by atoms with Crippen molar-refractivity contribution in [2.45, 2.75) is 57.7 Å². The molecule has 2 fully saturated rings. The average molecular weight is 265 g/mol. The van der Waals surface area contributed by atoms with Gasteiger partial charge in [0.15, 0.2) is 0 Å². The van der Waals surface area contributed by atoms with E-state index in [1.54, 1.807) is 0 Å². The van der Waals surface area contributed by atoms with Crippen molar-refractivity contribution in [3.63, 3.8) is 0 Å². The lowest BCUT2D eigenvalue weighted by atomic mass is 9.46. The van der Waals surface area contributed by atoms with Crippen LogP contribution in [0.2, 0.25) is 0 Å². The number of amides is 1. The zero-order valence-corrected chi connectivity index (χ0v) is 11.9. The highest BCUT2D eigenvalue weighted by atomic mass is 16.5. The molecule has 5 nitrogen and oxygen atoms in total. The summed E-state index contributed by atoms with van der Waals surface area (Å²) in [6.45, 7) is 6.57. The quantitative estimate of drug-likeness (QED) is 0.794. The molecule has 1 aliphatic heterocycles. The first-order valence-corrected chi connectivity index (χ1v) is 6.94. The van der Waals surface area contributed by atoms with Crippen LogP contribution >= 0.6 is 0 Å². The summed E-state index contributed by atoms with van der Waals surface area (Å²) in [5.74, 6) is -0.0578. The summed E-state index contributed by atoms with van der Waals surface area (Å²) >= 11 is 0. The molecule has 3 N–H and O–H groups in total. The SMILES string of the molecule is CC(CC#N)NC(=O)C1(N)C2CCCOC2C1(C)C. The molecule has 0 aromatic rings. The Labute approximate surface area is 114 Å². The Hall–Kier alpha value is -1.12. The van der Waals surface area contributed by atoms with Gasteiger partial charge in [0.05, 0.1) is 18.6 Å².